The van der Waals surface area contributed by atoms with Gasteiger partial charge in [0.05, 0.1) is 18.2 Å². The molecule has 27 heavy (non-hydrogen) atoms. The highest BCUT2D eigenvalue weighted by atomic mass is 16.6. The number of ether oxygens (including phenoxy) is 2. The molecule has 0 saturated carbocycles. The lowest BCUT2D eigenvalue weighted by atomic mass is 9.85. The molecule has 1 aromatic carbocycles. The third-order valence-corrected chi connectivity index (χ3v) is 4.56. The number of piperidine rings is 1. The van der Waals surface area contributed by atoms with Gasteiger partial charge < -0.3 is 14.4 Å². The standard InChI is InChI=1S/C21H28N2O4/c1-5-26-20(25)18(14-22)15-10-12-23(13-11-15)17-8-6-16(7-9-17)19(24)27-21(2,3)4/h6-9,15,18H,5,10-13H2,1-4H3. The number of hydrogen-bond donors (Lipinski definition) is 0. The van der Waals surface area contributed by atoms with Gasteiger partial charge in [-0.2, -0.15) is 5.26 Å². The molecular formula is C21H28N2O4. The van der Waals surface area contributed by atoms with Gasteiger partial charge in [-0.05, 0) is 70.7 Å². The molecule has 0 amide bonds. The van der Waals surface area contributed by atoms with Crippen LogP contribution in [0.4, 0.5) is 5.69 Å². The smallest absolute Gasteiger partial charge is 0.338 e. The van der Waals surface area contributed by atoms with Gasteiger partial charge in [-0.15, -0.1) is 0 Å². The van der Waals surface area contributed by atoms with Gasteiger partial charge in [0.2, 0.25) is 0 Å². The predicted octanol–water partition coefficient (Wildman–Crippen LogP) is 3.56. The summed E-state index contributed by atoms with van der Waals surface area (Å²) in [5.41, 5.74) is 1.02. The number of esters is 2. The lowest BCUT2D eigenvalue weighted by Gasteiger charge is -2.34. The fourth-order valence-corrected chi connectivity index (χ4v) is 3.22. The van der Waals surface area contributed by atoms with E-state index in [2.05, 4.69) is 11.0 Å². The van der Waals surface area contributed by atoms with E-state index in [1.807, 2.05) is 32.9 Å². The zero-order valence-electron chi connectivity index (χ0n) is 16.5. The number of nitriles is 1. The van der Waals surface area contributed by atoms with Gasteiger partial charge in [-0.25, -0.2) is 4.79 Å². The number of anilines is 1. The van der Waals surface area contributed by atoms with Gasteiger partial charge in [0, 0.05) is 18.8 Å². The molecule has 0 aliphatic carbocycles. The zero-order valence-corrected chi connectivity index (χ0v) is 16.5. The van der Waals surface area contributed by atoms with Crippen LogP contribution in [0.25, 0.3) is 0 Å². The molecule has 1 saturated heterocycles. The third kappa shape index (κ3) is 5.72. The number of carbonyl (C=O) groups excluding carboxylic acids is 2. The molecule has 1 unspecified atom stereocenters. The van der Waals surface area contributed by atoms with Crippen LogP contribution in [0.3, 0.4) is 0 Å². The molecular weight excluding hydrogens is 344 g/mol. The molecule has 0 spiro atoms. The van der Waals surface area contributed by atoms with E-state index in [4.69, 9.17) is 9.47 Å². The second-order valence-electron chi connectivity index (χ2n) is 7.73. The Morgan fingerprint density at radius 2 is 1.81 bits per heavy atom. The average molecular weight is 372 g/mol. The lowest BCUT2D eigenvalue weighted by Crippen LogP contribution is -2.38. The molecule has 0 N–H and O–H groups in total. The molecule has 2 rings (SSSR count). The highest BCUT2D eigenvalue weighted by Crippen LogP contribution is 2.29. The molecule has 6 heteroatoms. The fourth-order valence-electron chi connectivity index (χ4n) is 3.22. The minimum absolute atomic E-state index is 0.0198. The van der Waals surface area contributed by atoms with E-state index in [0.29, 0.717) is 12.2 Å². The van der Waals surface area contributed by atoms with E-state index >= 15 is 0 Å². The quantitative estimate of drug-likeness (QED) is 0.735. The van der Waals surface area contributed by atoms with E-state index in [-0.39, 0.29) is 11.9 Å². The van der Waals surface area contributed by atoms with Gasteiger partial charge >= 0.3 is 11.9 Å². The summed E-state index contributed by atoms with van der Waals surface area (Å²) in [5.74, 6) is -1.42. The van der Waals surface area contributed by atoms with Gasteiger partial charge in [-0.3, -0.25) is 4.79 Å². The number of carbonyl (C=O) groups is 2. The summed E-state index contributed by atoms with van der Waals surface area (Å²) >= 11 is 0. The Hall–Kier alpha value is -2.55. The molecule has 1 heterocycles. The Morgan fingerprint density at radius 3 is 2.30 bits per heavy atom. The Kier molecular flexibility index (Phi) is 6.84. The number of benzene rings is 1. The molecule has 1 fully saturated rings. The molecule has 1 aliphatic rings. The average Bonchev–Trinajstić information content (AvgIpc) is 2.62. The van der Waals surface area contributed by atoms with Crippen molar-refractivity contribution in [2.45, 2.75) is 46.1 Å². The zero-order chi connectivity index (χ0) is 20.0. The highest BCUT2D eigenvalue weighted by Gasteiger charge is 2.32. The van der Waals surface area contributed by atoms with Gasteiger partial charge in [-0.1, -0.05) is 0 Å². The minimum atomic E-state index is -0.693. The molecule has 6 nitrogen and oxygen atoms in total. The van der Waals surface area contributed by atoms with E-state index in [1.54, 1.807) is 19.1 Å². The number of rotatable bonds is 5. The predicted molar refractivity (Wildman–Crippen MR) is 102 cm³/mol. The second-order valence-corrected chi connectivity index (χ2v) is 7.73. The molecule has 0 radical (unpaired) electrons. The Bertz CT molecular complexity index is 692. The monoisotopic (exact) mass is 372 g/mol. The van der Waals surface area contributed by atoms with E-state index < -0.39 is 17.5 Å². The van der Waals surface area contributed by atoms with Crippen molar-refractivity contribution in [1.82, 2.24) is 0 Å². The lowest BCUT2D eigenvalue weighted by molar-refractivity contribution is -0.147. The van der Waals surface area contributed by atoms with Crippen LogP contribution in [-0.4, -0.2) is 37.2 Å². The molecule has 1 atom stereocenters. The van der Waals surface area contributed by atoms with Gasteiger partial charge in [0.15, 0.2) is 0 Å². The third-order valence-electron chi connectivity index (χ3n) is 4.56. The van der Waals surface area contributed by atoms with Crippen LogP contribution in [0, 0.1) is 23.2 Å². The first-order valence-electron chi connectivity index (χ1n) is 9.39. The molecule has 0 aromatic heterocycles. The molecule has 0 bridgehead atoms. The van der Waals surface area contributed by atoms with Crippen molar-refractivity contribution in [2.24, 2.45) is 11.8 Å². The maximum Gasteiger partial charge on any atom is 0.338 e. The van der Waals surface area contributed by atoms with Crippen LogP contribution < -0.4 is 4.90 Å². The second kappa shape index (κ2) is 8.90. The van der Waals surface area contributed by atoms with E-state index in [1.165, 1.54) is 0 Å². The van der Waals surface area contributed by atoms with E-state index in [9.17, 15) is 14.9 Å². The number of nitrogens with zero attached hydrogens (tertiary/aromatic N) is 2. The van der Waals surface area contributed by atoms with Gasteiger partial charge in [0.1, 0.15) is 11.5 Å². The van der Waals surface area contributed by atoms with Gasteiger partial charge in [0.25, 0.3) is 0 Å². The first-order valence-corrected chi connectivity index (χ1v) is 9.39. The minimum Gasteiger partial charge on any atom is -0.465 e. The molecule has 1 aromatic rings. The summed E-state index contributed by atoms with van der Waals surface area (Å²) < 4.78 is 10.4. The van der Waals surface area contributed by atoms with Crippen molar-refractivity contribution >= 4 is 17.6 Å². The Morgan fingerprint density at radius 1 is 1.22 bits per heavy atom. The molecule has 1 aliphatic heterocycles. The van der Waals surface area contributed by atoms with Crippen molar-refractivity contribution in [3.63, 3.8) is 0 Å². The summed E-state index contributed by atoms with van der Waals surface area (Å²) in [6.45, 7) is 9.08. The fraction of sp³-hybridized carbons (Fsp3) is 0.571. The summed E-state index contributed by atoms with van der Waals surface area (Å²) in [5, 5.41) is 9.31. The maximum atomic E-state index is 12.1. The van der Waals surface area contributed by atoms with Crippen molar-refractivity contribution < 1.29 is 19.1 Å². The van der Waals surface area contributed by atoms with Crippen molar-refractivity contribution in [3.8, 4) is 6.07 Å². The largest absolute Gasteiger partial charge is 0.465 e. The van der Waals surface area contributed by atoms with E-state index in [0.717, 1.165) is 31.6 Å². The normalized spacial score (nSPS) is 16.3. The van der Waals surface area contributed by atoms with Crippen LogP contribution in [0.2, 0.25) is 0 Å². The first-order chi connectivity index (χ1) is 12.7. The van der Waals surface area contributed by atoms with Crippen LogP contribution in [0.5, 0.6) is 0 Å². The van der Waals surface area contributed by atoms with Crippen LogP contribution in [0.15, 0.2) is 24.3 Å². The Labute approximate surface area is 161 Å². The topological polar surface area (TPSA) is 79.6 Å². The SMILES string of the molecule is CCOC(=O)C(C#N)C1CCN(c2ccc(C(=O)OC(C)(C)C)cc2)CC1. The van der Waals surface area contributed by atoms with Crippen molar-refractivity contribution in [3.05, 3.63) is 29.8 Å². The van der Waals surface area contributed by atoms with Crippen molar-refractivity contribution in [1.29, 1.82) is 5.26 Å². The summed E-state index contributed by atoms with van der Waals surface area (Å²) in [7, 11) is 0. The van der Waals surface area contributed by atoms with Crippen LogP contribution >= 0.6 is 0 Å². The number of hydrogen-bond acceptors (Lipinski definition) is 6. The maximum absolute atomic E-state index is 12.1. The summed E-state index contributed by atoms with van der Waals surface area (Å²) in [6.07, 6.45) is 1.51. The van der Waals surface area contributed by atoms with Crippen LogP contribution in [0.1, 0.15) is 50.9 Å². The highest BCUT2D eigenvalue weighted by molar-refractivity contribution is 5.90. The summed E-state index contributed by atoms with van der Waals surface area (Å²) in [4.78, 5) is 26.2. The van der Waals surface area contributed by atoms with Crippen molar-refractivity contribution in [2.75, 3.05) is 24.6 Å². The molecule has 146 valence electrons. The Balaban J connectivity index is 1.95. The summed E-state index contributed by atoms with van der Waals surface area (Å²) in [6, 6.07) is 9.46. The van der Waals surface area contributed by atoms with Crippen LogP contribution in [-0.2, 0) is 14.3 Å². The first kappa shape index (κ1) is 20.8.